The van der Waals surface area contributed by atoms with E-state index in [0.29, 0.717) is 22.3 Å². The van der Waals surface area contributed by atoms with E-state index in [9.17, 15) is 4.79 Å². The number of thiazole rings is 1. The van der Waals surface area contributed by atoms with Gasteiger partial charge in [-0.15, -0.1) is 6.58 Å². The molecule has 0 spiro atoms. The third-order valence-corrected chi connectivity index (χ3v) is 6.57. The van der Waals surface area contributed by atoms with E-state index in [4.69, 9.17) is 12.2 Å². The van der Waals surface area contributed by atoms with Crippen molar-refractivity contribution >= 4 is 34.6 Å². The van der Waals surface area contributed by atoms with Crippen molar-refractivity contribution in [1.29, 1.82) is 0 Å². The first-order valence-electron chi connectivity index (χ1n) is 9.86. The van der Waals surface area contributed by atoms with Crippen molar-refractivity contribution in [2.75, 3.05) is 18.4 Å². The van der Waals surface area contributed by atoms with Crippen LogP contribution in [0, 0.1) is 17.6 Å². The lowest BCUT2D eigenvalue weighted by molar-refractivity contribution is -0.119. The van der Waals surface area contributed by atoms with Crippen LogP contribution in [0.3, 0.4) is 0 Å². The lowest BCUT2D eigenvalue weighted by Gasteiger charge is -2.15. The minimum atomic E-state index is -0.0308. The quantitative estimate of drug-likeness (QED) is 0.429. The van der Waals surface area contributed by atoms with Crippen LogP contribution >= 0.6 is 23.6 Å². The lowest BCUT2D eigenvalue weighted by Crippen LogP contribution is -2.26. The van der Waals surface area contributed by atoms with Crippen LogP contribution in [0.5, 0.6) is 0 Å². The molecular weight excluding hydrogens is 416 g/mol. The number of carbonyl (C=O) groups excluding carboxylic acids is 1. The van der Waals surface area contributed by atoms with E-state index >= 15 is 0 Å². The van der Waals surface area contributed by atoms with Gasteiger partial charge in [-0.25, -0.2) is 4.98 Å². The summed E-state index contributed by atoms with van der Waals surface area (Å²) in [5, 5.41) is 10.8. The molecule has 0 bridgehead atoms. The van der Waals surface area contributed by atoms with Gasteiger partial charge in [0.05, 0.1) is 16.5 Å². The predicted octanol–water partition coefficient (Wildman–Crippen LogP) is 4.02. The minimum Gasteiger partial charge on any atom is -0.302 e. The van der Waals surface area contributed by atoms with E-state index in [1.54, 1.807) is 6.08 Å². The summed E-state index contributed by atoms with van der Waals surface area (Å²) in [6.07, 6.45) is 2.63. The van der Waals surface area contributed by atoms with Gasteiger partial charge in [-0.2, -0.15) is 5.10 Å². The first-order chi connectivity index (χ1) is 14.5. The lowest BCUT2D eigenvalue weighted by atomic mass is 10.1. The van der Waals surface area contributed by atoms with Gasteiger partial charge in [-0.05, 0) is 37.7 Å². The van der Waals surface area contributed by atoms with E-state index in [1.807, 2.05) is 29.7 Å². The summed E-state index contributed by atoms with van der Waals surface area (Å²) in [6.45, 7) is 8.80. The van der Waals surface area contributed by atoms with Gasteiger partial charge >= 0.3 is 0 Å². The number of allylic oxidation sites excluding steroid dienone is 1. The number of carbonyl (C=O) groups is 1. The highest BCUT2D eigenvalue weighted by Crippen LogP contribution is 2.32. The fraction of sp³-hybridized carbons (Fsp3) is 0.333. The maximum atomic E-state index is 12.8. The van der Waals surface area contributed by atoms with Crippen molar-refractivity contribution < 1.29 is 4.79 Å². The fourth-order valence-electron chi connectivity index (χ4n) is 3.69. The van der Waals surface area contributed by atoms with E-state index < -0.39 is 0 Å². The zero-order chi connectivity index (χ0) is 21.1. The number of aromatic nitrogens is 4. The molecule has 1 fully saturated rings. The van der Waals surface area contributed by atoms with E-state index in [-0.39, 0.29) is 11.8 Å². The standard InChI is InChI=1S/C21H24N6OS2/c1-3-10-27-18(24-25-21(27)29)17-14(2)22-20(30-17)23-19(28)16-9-11-26(13-16)12-15-7-5-4-6-8-15/h3-8,16H,1,9-13H2,2H3,(H,25,29)(H,22,23,28)/t16-/m0/s1. The van der Waals surface area contributed by atoms with E-state index in [2.05, 4.69) is 44.1 Å². The molecule has 1 saturated heterocycles. The number of hydrogen-bond donors (Lipinski definition) is 2. The summed E-state index contributed by atoms with van der Waals surface area (Å²) < 4.78 is 2.40. The molecule has 1 aliphatic heterocycles. The molecule has 7 nitrogen and oxygen atoms in total. The maximum absolute atomic E-state index is 12.8. The Morgan fingerprint density at radius 3 is 3.00 bits per heavy atom. The van der Waals surface area contributed by atoms with Crippen LogP contribution in [0.1, 0.15) is 17.7 Å². The van der Waals surface area contributed by atoms with Crippen molar-refractivity contribution in [3.63, 3.8) is 0 Å². The Labute approximate surface area is 184 Å². The molecule has 1 amide bonds. The summed E-state index contributed by atoms with van der Waals surface area (Å²) in [6, 6.07) is 10.4. The molecule has 1 atom stereocenters. The number of H-pyrrole nitrogens is 1. The first-order valence-corrected chi connectivity index (χ1v) is 11.1. The number of aryl methyl sites for hydroxylation is 1. The molecule has 0 aliphatic carbocycles. The van der Waals surface area contributed by atoms with Crippen LogP contribution < -0.4 is 5.32 Å². The van der Waals surface area contributed by atoms with Gasteiger partial charge in [0, 0.05) is 19.6 Å². The van der Waals surface area contributed by atoms with Crippen LogP contribution in [0.15, 0.2) is 43.0 Å². The molecule has 3 aromatic rings. The smallest absolute Gasteiger partial charge is 0.230 e. The molecule has 3 heterocycles. The summed E-state index contributed by atoms with van der Waals surface area (Å²) in [4.78, 5) is 20.6. The number of anilines is 1. The van der Waals surface area contributed by atoms with Gasteiger partial charge < -0.3 is 5.32 Å². The average molecular weight is 441 g/mol. The Morgan fingerprint density at radius 2 is 2.23 bits per heavy atom. The summed E-state index contributed by atoms with van der Waals surface area (Å²) >= 11 is 6.71. The Bertz CT molecular complexity index is 1100. The van der Waals surface area contributed by atoms with Crippen LogP contribution in [0.25, 0.3) is 10.7 Å². The highest BCUT2D eigenvalue weighted by molar-refractivity contribution is 7.71. The molecule has 0 radical (unpaired) electrons. The second-order valence-corrected chi connectivity index (χ2v) is 8.77. The monoisotopic (exact) mass is 440 g/mol. The summed E-state index contributed by atoms with van der Waals surface area (Å²) in [7, 11) is 0. The molecule has 30 heavy (non-hydrogen) atoms. The van der Waals surface area contributed by atoms with Gasteiger partial charge in [0.25, 0.3) is 0 Å². The molecule has 1 aromatic carbocycles. The minimum absolute atomic E-state index is 0.0239. The van der Waals surface area contributed by atoms with Crippen LogP contribution in [-0.2, 0) is 17.9 Å². The van der Waals surface area contributed by atoms with Gasteiger partial charge in [0.2, 0.25) is 5.91 Å². The van der Waals surface area contributed by atoms with Crippen LogP contribution in [-0.4, -0.2) is 43.6 Å². The van der Waals surface area contributed by atoms with Crippen molar-refractivity contribution in [2.45, 2.75) is 26.4 Å². The fourth-order valence-corrected chi connectivity index (χ4v) is 4.86. The van der Waals surface area contributed by atoms with E-state index in [1.165, 1.54) is 16.9 Å². The molecule has 9 heteroatoms. The maximum Gasteiger partial charge on any atom is 0.230 e. The summed E-state index contributed by atoms with van der Waals surface area (Å²) in [5.41, 5.74) is 2.08. The van der Waals surface area contributed by atoms with Crippen molar-refractivity contribution in [2.24, 2.45) is 5.92 Å². The molecule has 1 aliphatic rings. The van der Waals surface area contributed by atoms with Crippen LogP contribution in [0.4, 0.5) is 5.13 Å². The molecule has 2 aromatic heterocycles. The van der Waals surface area contributed by atoms with Crippen molar-refractivity contribution in [3.05, 3.63) is 59.0 Å². The molecule has 0 saturated carbocycles. The molecule has 156 valence electrons. The highest BCUT2D eigenvalue weighted by atomic mass is 32.1. The number of amides is 1. The second-order valence-electron chi connectivity index (χ2n) is 7.38. The van der Waals surface area contributed by atoms with Gasteiger partial charge in [0.15, 0.2) is 15.7 Å². The zero-order valence-electron chi connectivity index (χ0n) is 16.8. The Hall–Kier alpha value is -2.62. The number of aromatic amines is 1. The van der Waals surface area contributed by atoms with E-state index in [0.717, 1.165) is 36.6 Å². The highest BCUT2D eigenvalue weighted by Gasteiger charge is 2.29. The Balaban J connectivity index is 1.42. The number of nitrogens with zero attached hydrogens (tertiary/aromatic N) is 4. The number of likely N-dealkylation sites (tertiary alicyclic amines) is 1. The third kappa shape index (κ3) is 4.43. The predicted molar refractivity (Wildman–Crippen MR) is 122 cm³/mol. The number of hydrogen-bond acceptors (Lipinski definition) is 6. The molecule has 2 N–H and O–H groups in total. The van der Waals surface area contributed by atoms with Crippen molar-refractivity contribution in [1.82, 2.24) is 24.6 Å². The molecule has 0 unspecified atom stereocenters. The SMILES string of the molecule is C=CCn1c(-c2sc(NC(=O)[C@H]3CCN(Cc4ccccc4)C3)nc2C)n[nH]c1=S. The summed E-state index contributed by atoms with van der Waals surface area (Å²) in [5.74, 6) is 0.706. The second kappa shape index (κ2) is 9.03. The molecule has 4 rings (SSSR count). The van der Waals surface area contributed by atoms with Gasteiger partial charge in [-0.1, -0.05) is 47.7 Å². The number of nitrogens with one attached hydrogen (secondary N) is 2. The Morgan fingerprint density at radius 1 is 1.43 bits per heavy atom. The first kappa shape index (κ1) is 20.6. The van der Waals surface area contributed by atoms with Gasteiger partial charge in [-0.3, -0.25) is 19.4 Å². The topological polar surface area (TPSA) is 78.8 Å². The average Bonchev–Trinajstić information content (AvgIpc) is 3.43. The van der Waals surface area contributed by atoms with Crippen molar-refractivity contribution in [3.8, 4) is 10.7 Å². The van der Waals surface area contributed by atoms with Gasteiger partial charge in [0.1, 0.15) is 0 Å². The zero-order valence-corrected chi connectivity index (χ0v) is 18.4. The van der Waals surface area contributed by atoms with Crippen LogP contribution in [0.2, 0.25) is 0 Å². The third-order valence-electron chi connectivity index (χ3n) is 5.19. The number of rotatable bonds is 7. The number of benzene rings is 1. The Kier molecular flexibility index (Phi) is 6.21. The molecular formula is C21H24N6OS2. The normalized spacial score (nSPS) is 16.6. The largest absolute Gasteiger partial charge is 0.302 e.